The maximum Gasteiger partial charge on any atom is 0.288 e. The number of aromatic nitrogens is 1. The summed E-state index contributed by atoms with van der Waals surface area (Å²) < 4.78 is 1.03. The summed E-state index contributed by atoms with van der Waals surface area (Å²) in [7, 11) is 0. The van der Waals surface area contributed by atoms with Gasteiger partial charge in [0, 0.05) is 11.6 Å². The topological polar surface area (TPSA) is 114 Å². The summed E-state index contributed by atoms with van der Waals surface area (Å²) in [5, 5.41) is 17.2. The minimum atomic E-state index is -0.818. The minimum Gasteiger partial charge on any atom is -0.348 e. The number of rotatable bonds is 7. The van der Waals surface area contributed by atoms with E-state index in [-0.39, 0.29) is 34.6 Å². The molecule has 1 unspecified atom stereocenters. The first-order chi connectivity index (χ1) is 14.3. The van der Waals surface area contributed by atoms with Gasteiger partial charge in [-0.15, -0.1) is 11.3 Å². The molecular formula is C20H19ClN4O4S. The van der Waals surface area contributed by atoms with Crippen LogP contribution in [0.3, 0.4) is 0 Å². The first kappa shape index (κ1) is 21.7. The number of benzene rings is 2. The highest BCUT2D eigenvalue weighted by molar-refractivity contribution is 7.18. The predicted molar refractivity (Wildman–Crippen MR) is 116 cm³/mol. The number of carbonyl (C=O) groups is 2. The first-order valence-electron chi connectivity index (χ1n) is 9.13. The number of hydrogen-bond donors (Lipinski definition) is 2. The van der Waals surface area contributed by atoms with Crippen molar-refractivity contribution < 1.29 is 14.5 Å². The number of nitro benzene ring substituents is 1. The van der Waals surface area contributed by atoms with Gasteiger partial charge < -0.3 is 10.6 Å². The summed E-state index contributed by atoms with van der Waals surface area (Å²) in [6.45, 7) is 3.84. The highest BCUT2D eigenvalue weighted by atomic mass is 35.5. The van der Waals surface area contributed by atoms with Crippen molar-refractivity contribution in [3.63, 3.8) is 0 Å². The Kier molecular flexibility index (Phi) is 6.63. The van der Waals surface area contributed by atoms with Gasteiger partial charge in [-0.05, 0) is 30.2 Å². The molecule has 3 aromatic rings. The maximum atomic E-state index is 12.7. The fourth-order valence-electron chi connectivity index (χ4n) is 2.82. The van der Waals surface area contributed by atoms with E-state index >= 15 is 0 Å². The fraction of sp³-hybridized carbons (Fsp3) is 0.250. The summed E-state index contributed by atoms with van der Waals surface area (Å²) >= 11 is 7.28. The standard InChI is InChI=1S/C20H19ClN4O4S/c1-11(2)18(24-19(26)12-7-8-13(21)15(9-12)25(28)29)20(27)22-10-17-23-14-5-3-4-6-16(14)30-17/h3-9,11,18H,10H2,1-2H3,(H,22,27)(H,24,26). The van der Waals surface area contributed by atoms with Gasteiger partial charge in [0.1, 0.15) is 16.1 Å². The number of halogens is 1. The number of fused-ring (bicyclic) bond motifs is 1. The average molecular weight is 447 g/mol. The summed E-state index contributed by atoms with van der Waals surface area (Å²) in [5.74, 6) is -1.16. The number of nitrogens with one attached hydrogen (secondary N) is 2. The zero-order valence-corrected chi connectivity index (χ0v) is 17.8. The molecule has 1 atom stereocenters. The Labute approximate surface area is 181 Å². The Hall–Kier alpha value is -3.04. The van der Waals surface area contributed by atoms with Crippen LogP contribution in [-0.2, 0) is 11.3 Å². The second-order valence-corrected chi connectivity index (χ2v) is 8.43. The van der Waals surface area contributed by atoms with Gasteiger partial charge in [-0.2, -0.15) is 0 Å². The van der Waals surface area contributed by atoms with Crippen molar-refractivity contribution >= 4 is 50.7 Å². The molecule has 0 saturated carbocycles. The van der Waals surface area contributed by atoms with Gasteiger partial charge in [-0.1, -0.05) is 37.6 Å². The molecule has 2 aromatic carbocycles. The molecule has 1 aromatic heterocycles. The van der Waals surface area contributed by atoms with Crippen molar-refractivity contribution in [2.45, 2.75) is 26.4 Å². The quantitative estimate of drug-likeness (QED) is 0.421. The molecule has 2 N–H and O–H groups in total. The zero-order valence-electron chi connectivity index (χ0n) is 16.2. The van der Waals surface area contributed by atoms with Gasteiger partial charge in [0.15, 0.2) is 0 Å². The number of nitrogens with zero attached hydrogens (tertiary/aromatic N) is 2. The summed E-state index contributed by atoms with van der Waals surface area (Å²) in [4.78, 5) is 40.1. The van der Waals surface area contributed by atoms with E-state index in [0.29, 0.717) is 0 Å². The summed E-state index contributed by atoms with van der Waals surface area (Å²) in [6.07, 6.45) is 0. The normalized spacial score (nSPS) is 12.0. The van der Waals surface area contributed by atoms with Crippen LogP contribution in [0.15, 0.2) is 42.5 Å². The molecule has 0 bridgehead atoms. The van der Waals surface area contributed by atoms with Crippen molar-refractivity contribution in [1.82, 2.24) is 15.6 Å². The Morgan fingerprint density at radius 3 is 2.63 bits per heavy atom. The SMILES string of the molecule is CC(C)C(NC(=O)c1ccc(Cl)c([N+](=O)[O-])c1)C(=O)NCc1nc2ccccc2s1. The lowest BCUT2D eigenvalue weighted by molar-refractivity contribution is -0.384. The molecule has 0 aliphatic rings. The van der Waals surface area contributed by atoms with Crippen LogP contribution in [0, 0.1) is 16.0 Å². The molecule has 2 amide bonds. The van der Waals surface area contributed by atoms with Crippen LogP contribution >= 0.6 is 22.9 Å². The molecule has 30 heavy (non-hydrogen) atoms. The van der Waals surface area contributed by atoms with Crippen LogP contribution < -0.4 is 10.6 Å². The van der Waals surface area contributed by atoms with E-state index in [1.807, 2.05) is 24.3 Å². The van der Waals surface area contributed by atoms with Gasteiger partial charge in [-0.3, -0.25) is 19.7 Å². The fourth-order valence-corrected chi connectivity index (χ4v) is 3.92. The molecule has 0 spiro atoms. The molecule has 0 fully saturated rings. The molecule has 1 heterocycles. The smallest absolute Gasteiger partial charge is 0.288 e. The van der Waals surface area contributed by atoms with Gasteiger partial charge in [0.25, 0.3) is 11.6 Å². The van der Waals surface area contributed by atoms with Crippen LogP contribution in [0.1, 0.15) is 29.2 Å². The highest BCUT2D eigenvalue weighted by Crippen LogP contribution is 2.25. The molecule has 10 heteroatoms. The van der Waals surface area contributed by atoms with Crippen molar-refractivity contribution in [3.05, 3.63) is 68.2 Å². The molecule has 0 saturated heterocycles. The van der Waals surface area contributed by atoms with E-state index in [2.05, 4.69) is 15.6 Å². The van der Waals surface area contributed by atoms with E-state index in [0.717, 1.165) is 21.3 Å². The second kappa shape index (κ2) is 9.19. The van der Waals surface area contributed by atoms with E-state index in [4.69, 9.17) is 11.6 Å². The Balaban J connectivity index is 1.68. The Bertz CT molecular complexity index is 1080. The van der Waals surface area contributed by atoms with Gasteiger partial charge in [-0.25, -0.2) is 4.98 Å². The average Bonchev–Trinajstić information content (AvgIpc) is 3.13. The van der Waals surface area contributed by atoms with Crippen molar-refractivity contribution in [3.8, 4) is 0 Å². The van der Waals surface area contributed by atoms with Crippen molar-refractivity contribution in [1.29, 1.82) is 0 Å². The number of thiazole rings is 1. The largest absolute Gasteiger partial charge is 0.348 e. The lowest BCUT2D eigenvalue weighted by Crippen LogP contribution is -2.49. The monoisotopic (exact) mass is 446 g/mol. The maximum absolute atomic E-state index is 12.7. The van der Waals surface area contributed by atoms with Crippen molar-refractivity contribution in [2.75, 3.05) is 0 Å². The molecule has 3 rings (SSSR count). The highest BCUT2D eigenvalue weighted by Gasteiger charge is 2.26. The first-order valence-corrected chi connectivity index (χ1v) is 10.3. The predicted octanol–water partition coefficient (Wildman–Crippen LogP) is 3.93. The van der Waals surface area contributed by atoms with E-state index in [1.54, 1.807) is 13.8 Å². The van der Waals surface area contributed by atoms with Crippen LogP contribution in [0.2, 0.25) is 5.02 Å². The van der Waals surface area contributed by atoms with Gasteiger partial charge in [0.05, 0.1) is 21.7 Å². The third-order valence-electron chi connectivity index (χ3n) is 4.39. The number of carbonyl (C=O) groups excluding carboxylic acids is 2. The Morgan fingerprint density at radius 1 is 1.23 bits per heavy atom. The second-order valence-electron chi connectivity index (χ2n) is 6.91. The molecule has 0 radical (unpaired) electrons. The third kappa shape index (κ3) is 4.92. The lowest BCUT2D eigenvalue weighted by Gasteiger charge is -2.21. The van der Waals surface area contributed by atoms with Crippen LogP contribution in [-0.4, -0.2) is 27.8 Å². The van der Waals surface area contributed by atoms with Crippen LogP contribution in [0.5, 0.6) is 0 Å². The number of hydrogen-bond acceptors (Lipinski definition) is 6. The zero-order chi connectivity index (χ0) is 21.8. The molecule has 0 aliphatic carbocycles. The lowest BCUT2D eigenvalue weighted by atomic mass is 10.0. The van der Waals surface area contributed by atoms with Gasteiger partial charge in [0.2, 0.25) is 5.91 Å². The Morgan fingerprint density at radius 2 is 1.97 bits per heavy atom. The number of amides is 2. The number of para-hydroxylation sites is 1. The molecule has 156 valence electrons. The summed E-state index contributed by atoms with van der Waals surface area (Å²) in [6, 6.07) is 10.6. The minimum absolute atomic E-state index is 0.0516. The third-order valence-corrected chi connectivity index (χ3v) is 5.75. The van der Waals surface area contributed by atoms with E-state index in [1.165, 1.54) is 23.5 Å². The van der Waals surface area contributed by atoms with Gasteiger partial charge >= 0.3 is 0 Å². The van der Waals surface area contributed by atoms with E-state index in [9.17, 15) is 19.7 Å². The molecular weight excluding hydrogens is 428 g/mol. The molecule has 0 aliphatic heterocycles. The molecule has 8 nitrogen and oxygen atoms in total. The van der Waals surface area contributed by atoms with Crippen molar-refractivity contribution in [2.24, 2.45) is 5.92 Å². The summed E-state index contributed by atoms with van der Waals surface area (Å²) in [5.41, 5.74) is 0.547. The van der Waals surface area contributed by atoms with Crippen LogP contribution in [0.25, 0.3) is 10.2 Å². The number of nitro groups is 1. The van der Waals surface area contributed by atoms with E-state index < -0.39 is 16.9 Å². The van der Waals surface area contributed by atoms with Crippen LogP contribution in [0.4, 0.5) is 5.69 Å².